The van der Waals surface area contributed by atoms with Gasteiger partial charge in [0, 0.05) is 23.5 Å². The number of aromatic amines is 1. The molecule has 96 valence electrons. The monoisotopic (exact) mass is 372 g/mol. The largest absolute Gasteiger partial charge is 0.276 e. The van der Waals surface area contributed by atoms with Gasteiger partial charge in [-0.25, -0.2) is 0 Å². The molecule has 5 heteroatoms. The molecule has 2 aromatic heterocycles. The molecule has 2 heterocycles. The lowest BCUT2D eigenvalue weighted by Gasteiger charge is -1.99. The molecular formula is C15H9IN4. The number of hydrogen-bond acceptors (Lipinski definition) is 3. The Morgan fingerprint density at radius 3 is 2.55 bits per heavy atom. The van der Waals surface area contributed by atoms with Crippen LogP contribution in [0.5, 0.6) is 0 Å². The second-order valence-corrected chi connectivity index (χ2v) is 5.27. The zero-order valence-corrected chi connectivity index (χ0v) is 12.5. The zero-order chi connectivity index (χ0) is 13.9. The van der Waals surface area contributed by atoms with Gasteiger partial charge in [-0.2, -0.15) is 10.4 Å². The van der Waals surface area contributed by atoms with Crippen molar-refractivity contribution in [2.24, 2.45) is 0 Å². The number of halogens is 1. The quantitative estimate of drug-likeness (QED) is 0.699. The van der Waals surface area contributed by atoms with Crippen molar-refractivity contribution in [2.45, 2.75) is 0 Å². The summed E-state index contributed by atoms with van der Waals surface area (Å²) >= 11 is 2.27. The third-order valence-corrected chi connectivity index (χ3v) is 3.99. The van der Waals surface area contributed by atoms with E-state index in [-0.39, 0.29) is 0 Å². The van der Waals surface area contributed by atoms with Gasteiger partial charge in [-0.1, -0.05) is 12.1 Å². The van der Waals surface area contributed by atoms with E-state index in [0.717, 1.165) is 26.1 Å². The zero-order valence-electron chi connectivity index (χ0n) is 10.3. The van der Waals surface area contributed by atoms with Gasteiger partial charge in [0.2, 0.25) is 0 Å². The third-order valence-electron chi connectivity index (χ3n) is 2.94. The second kappa shape index (κ2) is 5.43. The Balaban J connectivity index is 2.04. The van der Waals surface area contributed by atoms with Gasteiger partial charge in [-0.05, 0) is 46.9 Å². The normalized spacial score (nSPS) is 10.2. The molecule has 3 rings (SSSR count). The van der Waals surface area contributed by atoms with Crippen LogP contribution in [0.1, 0.15) is 5.56 Å². The summed E-state index contributed by atoms with van der Waals surface area (Å²) in [6.45, 7) is 0. The lowest BCUT2D eigenvalue weighted by Crippen LogP contribution is -1.83. The third kappa shape index (κ3) is 2.30. The minimum Gasteiger partial charge on any atom is -0.276 e. The summed E-state index contributed by atoms with van der Waals surface area (Å²) in [6, 6.07) is 13.4. The lowest BCUT2D eigenvalue weighted by molar-refractivity contribution is 1.10. The van der Waals surface area contributed by atoms with Crippen LogP contribution in [0.4, 0.5) is 0 Å². The van der Waals surface area contributed by atoms with Crippen LogP contribution in [-0.4, -0.2) is 15.2 Å². The maximum atomic E-state index is 8.83. The van der Waals surface area contributed by atoms with E-state index < -0.39 is 0 Å². The molecule has 0 radical (unpaired) electrons. The molecule has 0 saturated carbocycles. The van der Waals surface area contributed by atoms with Gasteiger partial charge in [-0.15, -0.1) is 0 Å². The maximum Gasteiger partial charge on any atom is 0.106 e. The van der Waals surface area contributed by atoms with Gasteiger partial charge in [0.05, 0.1) is 20.9 Å². The smallest absolute Gasteiger partial charge is 0.106 e. The molecule has 0 atom stereocenters. The van der Waals surface area contributed by atoms with Crippen LogP contribution in [-0.2, 0) is 0 Å². The average molecular weight is 372 g/mol. The Bertz CT molecular complexity index is 770. The first-order chi connectivity index (χ1) is 9.79. The summed E-state index contributed by atoms with van der Waals surface area (Å²) in [5.74, 6) is 0. The van der Waals surface area contributed by atoms with Crippen molar-refractivity contribution in [3.8, 4) is 28.6 Å². The average Bonchev–Trinajstić information content (AvgIpc) is 2.90. The van der Waals surface area contributed by atoms with E-state index in [2.05, 4.69) is 43.8 Å². The van der Waals surface area contributed by atoms with E-state index in [4.69, 9.17) is 5.26 Å². The molecule has 20 heavy (non-hydrogen) atoms. The van der Waals surface area contributed by atoms with Gasteiger partial charge < -0.3 is 0 Å². The molecule has 0 aliphatic rings. The lowest BCUT2D eigenvalue weighted by atomic mass is 10.1. The number of H-pyrrole nitrogens is 1. The molecule has 0 amide bonds. The molecule has 0 saturated heterocycles. The van der Waals surface area contributed by atoms with Gasteiger partial charge in [-0.3, -0.25) is 10.1 Å². The molecule has 0 aliphatic carbocycles. The van der Waals surface area contributed by atoms with E-state index in [1.165, 1.54) is 0 Å². The van der Waals surface area contributed by atoms with Crippen molar-refractivity contribution in [1.82, 2.24) is 15.2 Å². The van der Waals surface area contributed by atoms with Crippen molar-refractivity contribution >= 4 is 22.6 Å². The van der Waals surface area contributed by atoms with Crippen LogP contribution in [0.15, 0.2) is 48.8 Å². The van der Waals surface area contributed by atoms with Crippen LogP contribution in [0.25, 0.3) is 22.5 Å². The Morgan fingerprint density at radius 1 is 1.10 bits per heavy atom. The van der Waals surface area contributed by atoms with Crippen LogP contribution in [0.2, 0.25) is 0 Å². The molecule has 0 fully saturated rings. The van der Waals surface area contributed by atoms with Crippen LogP contribution in [0, 0.1) is 14.9 Å². The van der Waals surface area contributed by atoms with Gasteiger partial charge in [0.15, 0.2) is 0 Å². The predicted octanol–water partition coefficient (Wildman–Crippen LogP) is 3.61. The van der Waals surface area contributed by atoms with Crippen molar-refractivity contribution in [2.75, 3.05) is 0 Å². The van der Waals surface area contributed by atoms with Crippen LogP contribution in [0.3, 0.4) is 0 Å². The van der Waals surface area contributed by atoms with E-state index in [0.29, 0.717) is 5.56 Å². The maximum absolute atomic E-state index is 8.83. The highest BCUT2D eigenvalue weighted by atomic mass is 127. The summed E-state index contributed by atoms with van der Waals surface area (Å²) < 4.78 is 1.04. The fourth-order valence-corrected chi connectivity index (χ4v) is 2.79. The summed E-state index contributed by atoms with van der Waals surface area (Å²) in [6.07, 6.45) is 3.55. The Hall–Kier alpha value is -2.20. The number of benzene rings is 1. The summed E-state index contributed by atoms with van der Waals surface area (Å²) in [5, 5.41) is 16.3. The molecule has 0 spiro atoms. The van der Waals surface area contributed by atoms with Gasteiger partial charge in [0.25, 0.3) is 0 Å². The Morgan fingerprint density at radius 2 is 1.90 bits per heavy atom. The molecule has 1 N–H and O–H groups in total. The van der Waals surface area contributed by atoms with E-state index >= 15 is 0 Å². The predicted molar refractivity (Wildman–Crippen MR) is 84.7 cm³/mol. The van der Waals surface area contributed by atoms with Crippen LogP contribution >= 0.6 is 22.6 Å². The number of hydrogen-bond donors (Lipinski definition) is 1. The standard InChI is InChI=1S/C15H9IN4/c16-13-14(11-5-3-10(8-17)4-6-11)19-20-15(13)12-2-1-7-18-9-12/h1-7,9H,(H,19,20). The fourth-order valence-electron chi connectivity index (χ4n) is 1.92. The van der Waals surface area contributed by atoms with E-state index in [1.54, 1.807) is 24.5 Å². The highest BCUT2D eigenvalue weighted by Gasteiger charge is 2.13. The minimum absolute atomic E-state index is 0.645. The Kier molecular flexibility index (Phi) is 3.48. The first-order valence-corrected chi connectivity index (χ1v) is 7.02. The van der Waals surface area contributed by atoms with E-state index in [1.807, 2.05) is 24.3 Å². The minimum atomic E-state index is 0.645. The number of nitriles is 1. The van der Waals surface area contributed by atoms with Gasteiger partial charge in [0.1, 0.15) is 5.69 Å². The van der Waals surface area contributed by atoms with Crippen LogP contribution < -0.4 is 0 Å². The van der Waals surface area contributed by atoms with E-state index in [9.17, 15) is 0 Å². The fraction of sp³-hybridized carbons (Fsp3) is 0. The summed E-state index contributed by atoms with van der Waals surface area (Å²) in [4.78, 5) is 4.12. The molecule has 1 aromatic carbocycles. The van der Waals surface area contributed by atoms with Gasteiger partial charge >= 0.3 is 0 Å². The first-order valence-electron chi connectivity index (χ1n) is 5.94. The second-order valence-electron chi connectivity index (χ2n) is 4.19. The summed E-state index contributed by atoms with van der Waals surface area (Å²) in [7, 11) is 0. The molecule has 0 aliphatic heterocycles. The molecular weight excluding hydrogens is 363 g/mol. The highest BCUT2D eigenvalue weighted by molar-refractivity contribution is 14.1. The Labute approximate surface area is 129 Å². The molecule has 3 aromatic rings. The number of nitrogens with one attached hydrogen (secondary N) is 1. The molecule has 4 nitrogen and oxygen atoms in total. The number of aromatic nitrogens is 3. The SMILES string of the molecule is N#Cc1ccc(-c2n[nH]c(-c3cccnc3)c2I)cc1. The molecule has 0 unspecified atom stereocenters. The number of nitrogens with zero attached hydrogens (tertiary/aromatic N) is 3. The number of rotatable bonds is 2. The van der Waals surface area contributed by atoms with Crippen molar-refractivity contribution < 1.29 is 0 Å². The highest BCUT2D eigenvalue weighted by Crippen LogP contribution is 2.30. The first kappa shape index (κ1) is 12.8. The summed E-state index contributed by atoms with van der Waals surface area (Å²) in [5.41, 5.74) is 4.47. The van der Waals surface area contributed by atoms with Crippen molar-refractivity contribution in [3.63, 3.8) is 0 Å². The topological polar surface area (TPSA) is 65.4 Å². The van der Waals surface area contributed by atoms with Crippen molar-refractivity contribution in [1.29, 1.82) is 5.26 Å². The molecule has 0 bridgehead atoms. The number of pyridine rings is 1. The van der Waals surface area contributed by atoms with Crippen molar-refractivity contribution in [3.05, 3.63) is 57.9 Å².